The van der Waals surface area contributed by atoms with Gasteiger partial charge in [-0.15, -0.1) is 0 Å². The predicted octanol–water partition coefficient (Wildman–Crippen LogP) is 4.78. The summed E-state index contributed by atoms with van der Waals surface area (Å²) in [6, 6.07) is 8.21. The van der Waals surface area contributed by atoms with Gasteiger partial charge in [0.2, 0.25) is 0 Å². The van der Waals surface area contributed by atoms with Crippen molar-refractivity contribution in [2.24, 2.45) is 0 Å². The molecule has 186 valence electrons. The first kappa shape index (κ1) is 24.0. The van der Waals surface area contributed by atoms with Gasteiger partial charge in [-0.2, -0.15) is 0 Å². The second-order valence-electron chi connectivity index (χ2n) is 8.52. The van der Waals surface area contributed by atoms with E-state index < -0.39 is 5.82 Å². The zero-order valence-corrected chi connectivity index (χ0v) is 20.3. The van der Waals surface area contributed by atoms with Crippen molar-refractivity contribution in [3.63, 3.8) is 0 Å². The number of fused-ring (bicyclic) bond motifs is 1. The Bertz CT molecular complexity index is 1170. The van der Waals surface area contributed by atoms with Gasteiger partial charge in [-0.1, -0.05) is 18.5 Å². The van der Waals surface area contributed by atoms with E-state index in [1.165, 1.54) is 18.5 Å². The van der Waals surface area contributed by atoms with E-state index in [1.807, 2.05) is 12.1 Å². The number of anilines is 2. The Morgan fingerprint density at radius 3 is 2.74 bits per heavy atom. The normalized spacial score (nSPS) is 19.6. The lowest BCUT2D eigenvalue weighted by molar-refractivity contribution is -0.0479. The van der Waals surface area contributed by atoms with Crippen LogP contribution in [-0.2, 0) is 9.47 Å². The molecular weight excluding hydrogens is 475 g/mol. The van der Waals surface area contributed by atoms with Gasteiger partial charge in [0.1, 0.15) is 24.1 Å². The lowest BCUT2D eigenvalue weighted by atomic mass is 10.2. The highest BCUT2D eigenvalue weighted by atomic mass is 35.5. The molecule has 0 saturated carbocycles. The number of hydrogen-bond donors (Lipinski definition) is 1. The average Bonchev–Trinajstić information content (AvgIpc) is 3.39. The van der Waals surface area contributed by atoms with E-state index in [0.29, 0.717) is 54.9 Å². The number of nitrogens with one attached hydrogen (secondary N) is 1. The summed E-state index contributed by atoms with van der Waals surface area (Å²) in [6.45, 7) is 6.31. The van der Waals surface area contributed by atoms with Crippen LogP contribution in [0.2, 0.25) is 5.02 Å². The summed E-state index contributed by atoms with van der Waals surface area (Å²) >= 11 is 5.96. The molecule has 0 radical (unpaired) electrons. The van der Waals surface area contributed by atoms with Crippen molar-refractivity contribution in [3.05, 3.63) is 47.5 Å². The molecule has 3 aromatic rings. The summed E-state index contributed by atoms with van der Waals surface area (Å²) in [6.07, 6.45) is 2.92. The second kappa shape index (κ2) is 10.9. The van der Waals surface area contributed by atoms with Crippen molar-refractivity contribution in [3.8, 4) is 11.5 Å². The Labute approximate surface area is 208 Å². The van der Waals surface area contributed by atoms with Crippen LogP contribution in [-0.4, -0.2) is 66.7 Å². The van der Waals surface area contributed by atoms with E-state index in [4.69, 9.17) is 30.5 Å². The summed E-state index contributed by atoms with van der Waals surface area (Å²) in [5.74, 6) is 1.30. The van der Waals surface area contributed by atoms with Crippen LogP contribution in [0.15, 0.2) is 36.7 Å². The number of rotatable bonds is 8. The Kier molecular flexibility index (Phi) is 7.48. The Balaban J connectivity index is 1.49. The third-order valence-corrected chi connectivity index (χ3v) is 6.42. The van der Waals surface area contributed by atoms with Crippen molar-refractivity contribution in [2.45, 2.75) is 32.1 Å². The minimum atomic E-state index is -0.480. The highest BCUT2D eigenvalue weighted by Crippen LogP contribution is 2.37. The smallest absolute Gasteiger partial charge is 0.165 e. The number of morpholine rings is 1. The molecule has 2 unspecified atom stereocenters. The predicted molar refractivity (Wildman–Crippen MR) is 131 cm³/mol. The zero-order valence-electron chi connectivity index (χ0n) is 19.5. The summed E-state index contributed by atoms with van der Waals surface area (Å²) in [5, 5.41) is 3.99. The largest absolute Gasteiger partial charge is 0.484 e. The number of nitrogens with zero attached hydrogens (tertiary/aromatic N) is 3. The molecule has 2 aromatic carbocycles. The van der Waals surface area contributed by atoms with Crippen LogP contribution in [0.25, 0.3) is 10.9 Å². The van der Waals surface area contributed by atoms with E-state index >= 15 is 0 Å². The SMILES string of the molecule is CCC(Oc1cc2ncnc(Nc3ccc(F)c(Cl)c3)c2cc1OC1CCOC1)N1CCOCC1. The first-order valence-corrected chi connectivity index (χ1v) is 12.2. The lowest BCUT2D eigenvalue weighted by Gasteiger charge is -2.34. The van der Waals surface area contributed by atoms with Crippen LogP contribution < -0.4 is 14.8 Å². The molecule has 1 aromatic heterocycles. The molecular formula is C25H28ClFN4O4. The number of halogens is 2. The van der Waals surface area contributed by atoms with Gasteiger partial charge >= 0.3 is 0 Å². The van der Waals surface area contributed by atoms with E-state index in [1.54, 1.807) is 6.07 Å². The maximum Gasteiger partial charge on any atom is 0.165 e. The number of benzene rings is 2. The zero-order chi connectivity index (χ0) is 24.2. The van der Waals surface area contributed by atoms with Gasteiger partial charge in [0.25, 0.3) is 0 Å². The van der Waals surface area contributed by atoms with Crippen molar-refractivity contribution in [1.29, 1.82) is 0 Å². The lowest BCUT2D eigenvalue weighted by Crippen LogP contribution is -2.46. The van der Waals surface area contributed by atoms with Gasteiger partial charge in [-0.25, -0.2) is 14.4 Å². The van der Waals surface area contributed by atoms with E-state index in [-0.39, 0.29) is 17.4 Å². The Morgan fingerprint density at radius 2 is 2.00 bits per heavy atom. The fourth-order valence-electron chi connectivity index (χ4n) is 4.27. The quantitative estimate of drug-likeness (QED) is 0.471. The molecule has 2 aliphatic rings. The number of ether oxygens (including phenoxy) is 4. The van der Waals surface area contributed by atoms with Crippen LogP contribution in [0.3, 0.4) is 0 Å². The van der Waals surface area contributed by atoms with Gasteiger partial charge < -0.3 is 24.3 Å². The maximum atomic E-state index is 13.6. The topological polar surface area (TPSA) is 78.0 Å². The summed E-state index contributed by atoms with van der Waals surface area (Å²) in [7, 11) is 0. The highest BCUT2D eigenvalue weighted by Gasteiger charge is 2.25. The minimum absolute atomic E-state index is 0.0306. The fraction of sp³-hybridized carbons (Fsp3) is 0.440. The maximum absolute atomic E-state index is 13.6. The molecule has 2 fully saturated rings. The van der Waals surface area contributed by atoms with E-state index in [2.05, 4.69) is 27.1 Å². The van der Waals surface area contributed by atoms with Gasteiger partial charge in [0.05, 0.1) is 37.0 Å². The molecule has 0 spiro atoms. The van der Waals surface area contributed by atoms with Gasteiger partial charge in [0, 0.05) is 36.7 Å². The van der Waals surface area contributed by atoms with Crippen LogP contribution in [0, 0.1) is 5.82 Å². The van der Waals surface area contributed by atoms with Gasteiger partial charge in [-0.05, 0) is 30.7 Å². The van der Waals surface area contributed by atoms with Crippen molar-refractivity contribution in [2.75, 3.05) is 44.8 Å². The molecule has 10 heteroatoms. The number of aromatic nitrogens is 2. The van der Waals surface area contributed by atoms with Crippen LogP contribution in [0.4, 0.5) is 15.9 Å². The molecule has 0 bridgehead atoms. The van der Waals surface area contributed by atoms with Gasteiger partial charge in [-0.3, -0.25) is 4.90 Å². The van der Waals surface area contributed by atoms with Crippen LogP contribution in [0.5, 0.6) is 11.5 Å². The van der Waals surface area contributed by atoms with Crippen molar-refractivity contribution in [1.82, 2.24) is 14.9 Å². The average molecular weight is 503 g/mol. The summed E-state index contributed by atoms with van der Waals surface area (Å²) in [4.78, 5) is 11.1. The molecule has 2 saturated heterocycles. The third kappa shape index (κ3) is 5.59. The Hall–Kier alpha value is -2.72. The second-order valence-corrected chi connectivity index (χ2v) is 8.93. The number of hydrogen-bond acceptors (Lipinski definition) is 8. The first-order chi connectivity index (χ1) is 17.1. The molecule has 0 amide bonds. The highest BCUT2D eigenvalue weighted by molar-refractivity contribution is 6.31. The molecule has 0 aliphatic carbocycles. The van der Waals surface area contributed by atoms with E-state index in [0.717, 1.165) is 31.3 Å². The summed E-state index contributed by atoms with van der Waals surface area (Å²) < 4.78 is 37.5. The molecule has 2 aliphatic heterocycles. The van der Waals surface area contributed by atoms with Crippen molar-refractivity contribution < 1.29 is 23.3 Å². The Morgan fingerprint density at radius 1 is 1.14 bits per heavy atom. The molecule has 5 rings (SSSR count). The molecule has 1 N–H and O–H groups in total. The third-order valence-electron chi connectivity index (χ3n) is 6.13. The summed E-state index contributed by atoms with van der Waals surface area (Å²) in [5.41, 5.74) is 1.30. The monoisotopic (exact) mass is 502 g/mol. The van der Waals surface area contributed by atoms with Crippen LogP contribution in [0.1, 0.15) is 19.8 Å². The minimum Gasteiger partial charge on any atom is -0.484 e. The molecule has 8 nitrogen and oxygen atoms in total. The standard InChI is InChI=1S/C25H28ClFN4O4/c1-2-24(31-6-9-32-10-7-31)35-23-13-21-18(12-22(23)34-17-5-8-33-14-17)25(29-15-28-21)30-16-3-4-20(27)19(26)11-16/h3-4,11-13,15,17,24H,2,5-10,14H2,1H3,(H,28,29,30). The van der Waals surface area contributed by atoms with Gasteiger partial charge in [0.15, 0.2) is 17.7 Å². The molecule has 2 atom stereocenters. The van der Waals surface area contributed by atoms with Crippen molar-refractivity contribution >= 4 is 34.0 Å². The molecule has 3 heterocycles. The fourth-order valence-corrected chi connectivity index (χ4v) is 4.45. The molecule has 35 heavy (non-hydrogen) atoms. The van der Waals surface area contributed by atoms with E-state index in [9.17, 15) is 4.39 Å². The van der Waals surface area contributed by atoms with Crippen LogP contribution >= 0.6 is 11.6 Å². The first-order valence-electron chi connectivity index (χ1n) is 11.8.